The van der Waals surface area contributed by atoms with Crippen molar-refractivity contribution in [2.75, 3.05) is 49.3 Å². The van der Waals surface area contributed by atoms with Crippen LogP contribution in [0.15, 0.2) is 36.8 Å². The van der Waals surface area contributed by atoms with Gasteiger partial charge >= 0.3 is 11.9 Å². The van der Waals surface area contributed by atoms with Gasteiger partial charge in [-0.3, -0.25) is 95.9 Å². The molecule has 2 aromatic rings. The molecule has 640 valence electrons. The summed E-state index contributed by atoms with van der Waals surface area (Å²) in [7, 11) is 0. The standard InChI is InChI=1S/C65H96N22O25S4/c1-27(74-60(106)41(23-114)84-53(99)29(3)75-63(109)44-5-4-12-87(44)64(110)38(14-31-19-70-26-72-31)82-59(105)39(21-88)83-62(108)42(24-115)85-61(107)40(22-113)76-49(94)20-71-48(93)18-66)51(97)73-28(2)52(98)78-35(15-46(68)91)57(103)80-36(16-47(69)92)56(102)77-33(10-11-45(67)90)54(100)81-37(17-50(95)96)58(104)79-34(13-30-6-8-32(89)9-7-30)55(101)86-43(25-116)65(111)112/h6-9,19,26-29,33-44,88-89,113-116H,4-5,10-18,20-25,66H2,1-3H3,(H2,67,90)(H2,68,91)(H2,69,92)(H,70,72)(H,71,93)(H,73,97)(H,74,106)(H,75,109)(H,76,94)(H,77,102)(H,78,98)(H,79,104)(H,80,103)(H,81,100)(H,82,105)(H,83,108)(H,84,99)(H,85,107)(H,86,101)(H,95,96)(H,111,112)/t27-,28-,29-,33-,34-,35-,36-,37-,38-,39-,40-,41-,42-,43-,44+/m0/s1. The number of aromatic hydroxyl groups is 1. The van der Waals surface area contributed by atoms with Gasteiger partial charge in [-0.05, 0) is 57.7 Å². The molecule has 0 spiro atoms. The number of hydrogen-bond acceptors (Lipinski definition) is 29. The van der Waals surface area contributed by atoms with E-state index in [1.165, 1.54) is 43.7 Å². The van der Waals surface area contributed by atoms with Crippen LogP contribution in [0.2, 0.25) is 0 Å². The first-order chi connectivity index (χ1) is 54.6. The van der Waals surface area contributed by atoms with Crippen molar-refractivity contribution in [3.8, 4) is 5.75 Å². The van der Waals surface area contributed by atoms with E-state index in [9.17, 15) is 121 Å². The lowest BCUT2D eigenvalue weighted by atomic mass is 10.0. The van der Waals surface area contributed by atoms with E-state index in [1.54, 1.807) is 0 Å². The summed E-state index contributed by atoms with van der Waals surface area (Å²) in [6.07, 6.45) is -2.58. The van der Waals surface area contributed by atoms with E-state index in [0.717, 1.165) is 18.7 Å². The maximum absolute atomic E-state index is 14.4. The molecule has 2 heterocycles. The number of aliphatic hydroxyl groups excluding tert-OH is 1. The monoisotopic (exact) mass is 1710 g/mol. The lowest BCUT2D eigenvalue weighted by molar-refractivity contribution is -0.143. The number of primary amides is 3. The first-order valence-electron chi connectivity index (χ1n) is 35.2. The number of aromatic nitrogens is 2. The molecule has 0 radical (unpaired) electrons. The number of aromatic amines is 1. The molecular weight excluding hydrogens is 1620 g/mol. The molecule has 28 N–H and O–H groups in total. The zero-order valence-corrected chi connectivity index (χ0v) is 66.1. The molecule has 0 aliphatic carbocycles. The smallest absolute Gasteiger partial charge is 0.327 e. The Bertz CT molecular complexity index is 3910. The van der Waals surface area contributed by atoms with Gasteiger partial charge in [0, 0.05) is 60.7 Å². The molecule has 0 saturated carbocycles. The van der Waals surface area contributed by atoms with Gasteiger partial charge in [-0.1, -0.05) is 12.1 Å². The number of phenolic OH excluding ortho intramolecular Hbond substituents is 1. The van der Waals surface area contributed by atoms with Crippen molar-refractivity contribution in [2.45, 2.75) is 169 Å². The van der Waals surface area contributed by atoms with E-state index in [4.69, 9.17) is 22.9 Å². The van der Waals surface area contributed by atoms with Crippen molar-refractivity contribution in [1.29, 1.82) is 0 Å². The first kappa shape index (κ1) is 98.6. The maximum Gasteiger partial charge on any atom is 0.327 e. The highest BCUT2D eigenvalue weighted by Gasteiger charge is 2.42. The number of amides is 19. The highest BCUT2D eigenvalue weighted by molar-refractivity contribution is 7.80. The van der Waals surface area contributed by atoms with Gasteiger partial charge in [-0.15, -0.1) is 0 Å². The number of carbonyl (C=O) groups excluding carboxylic acids is 19. The number of nitrogens with two attached hydrogens (primary N) is 4. The molecular formula is C65H96N22O25S4. The molecule has 1 fully saturated rings. The van der Waals surface area contributed by atoms with Crippen molar-refractivity contribution in [2.24, 2.45) is 22.9 Å². The third-order valence-electron chi connectivity index (χ3n) is 16.8. The number of nitrogens with zero attached hydrogens (tertiary/aromatic N) is 2. The van der Waals surface area contributed by atoms with Crippen molar-refractivity contribution < 1.29 is 121 Å². The lowest BCUT2D eigenvalue weighted by Gasteiger charge is -2.30. The summed E-state index contributed by atoms with van der Waals surface area (Å²) < 4.78 is 0. The topological polar surface area (TPSA) is 756 Å². The summed E-state index contributed by atoms with van der Waals surface area (Å²) in [5.74, 6) is -25.9. The summed E-state index contributed by atoms with van der Waals surface area (Å²) in [6, 6.07) is -20.0. The Labute approximate surface area is 682 Å². The normalized spacial score (nSPS) is 15.8. The Hall–Kier alpha value is -11.6. The minimum absolute atomic E-state index is 0.0419. The van der Waals surface area contributed by atoms with Crippen LogP contribution in [0.3, 0.4) is 0 Å². The Balaban J connectivity index is 1.70. The molecule has 1 aliphatic heterocycles. The summed E-state index contributed by atoms with van der Waals surface area (Å²) in [5.41, 5.74) is 21.9. The molecule has 0 bridgehead atoms. The highest BCUT2D eigenvalue weighted by atomic mass is 32.1. The molecule has 1 saturated heterocycles. The van der Waals surface area contributed by atoms with Crippen molar-refractivity contribution >= 4 is 175 Å². The molecule has 15 atom stereocenters. The number of likely N-dealkylation sites (tertiary alicyclic amines) is 1. The van der Waals surface area contributed by atoms with Crippen molar-refractivity contribution in [3.63, 3.8) is 0 Å². The number of nitrogens with one attached hydrogen (secondary N) is 16. The number of rotatable bonds is 50. The molecule has 47 nitrogen and oxygen atoms in total. The number of carboxylic acids is 2. The van der Waals surface area contributed by atoms with Crippen LogP contribution in [0.1, 0.15) is 77.0 Å². The Morgan fingerprint density at radius 1 is 0.483 bits per heavy atom. The average Bonchev–Trinajstić information content (AvgIpc) is 1.58. The number of phenols is 1. The quantitative estimate of drug-likeness (QED) is 0.0274. The molecule has 1 aromatic heterocycles. The lowest BCUT2D eigenvalue weighted by Crippen LogP contribution is -2.61. The first-order valence-corrected chi connectivity index (χ1v) is 37.7. The molecule has 0 unspecified atom stereocenters. The third kappa shape index (κ3) is 33.5. The second-order valence-corrected chi connectivity index (χ2v) is 27.4. The van der Waals surface area contributed by atoms with Crippen molar-refractivity contribution in [1.82, 2.24) is 94.6 Å². The van der Waals surface area contributed by atoms with Gasteiger partial charge < -0.3 is 133 Å². The SMILES string of the molecule is C[C@H](NC(=O)[C@H](C)NC(=O)[C@H](CS)NC(=O)[C@H](C)NC(=O)[C@H]1CCCN1C(=O)[C@H](Cc1cnc[nH]1)NC(=O)[C@H](CO)NC(=O)[C@H](CS)NC(=O)[C@H](CS)NC(=O)CNC(=O)CN)C(=O)N[C@@H](CC(N)=O)C(=O)N[C@@H](CC(N)=O)C(=O)N[C@@H](CCC(N)=O)C(=O)N[C@@H](CC(=O)O)C(=O)N[C@@H](Cc1ccc(O)cc1)C(=O)N[C@@H](CS)C(=O)O. The van der Waals surface area contributed by atoms with E-state index in [1.807, 2.05) is 0 Å². The second-order valence-electron chi connectivity index (χ2n) is 25.9. The van der Waals surface area contributed by atoms with Crippen LogP contribution in [0, 0.1) is 0 Å². The average molecular weight is 1710 g/mol. The van der Waals surface area contributed by atoms with Crippen LogP contribution < -0.4 is 103 Å². The zero-order chi connectivity index (χ0) is 87.4. The fourth-order valence-corrected chi connectivity index (χ4v) is 11.6. The largest absolute Gasteiger partial charge is 0.508 e. The molecule has 19 amide bonds. The summed E-state index contributed by atoms with van der Waals surface area (Å²) in [6.45, 7) is 1.40. The number of aliphatic hydroxyl groups is 1. The predicted molar refractivity (Wildman–Crippen MR) is 413 cm³/mol. The number of carbonyl (C=O) groups is 21. The van der Waals surface area contributed by atoms with Gasteiger partial charge in [0.1, 0.15) is 96.4 Å². The van der Waals surface area contributed by atoms with E-state index in [2.05, 4.69) is 140 Å². The van der Waals surface area contributed by atoms with Crippen molar-refractivity contribution in [3.05, 3.63) is 48.0 Å². The molecule has 51 heteroatoms. The van der Waals surface area contributed by atoms with Gasteiger partial charge in [0.2, 0.25) is 112 Å². The van der Waals surface area contributed by atoms with Crippen LogP contribution in [0.5, 0.6) is 5.75 Å². The summed E-state index contributed by atoms with van der Waals surface area (Å²) in [5, 5.41) is 73.2. The summed E-state index contributed by atoms with van der Waals surface area (Å²) >= 11 is 16.2. The number of benzene rings is 1. The Morgan fingerprint density at radius 2 is 0.888 bits per heavy atom. The van der Waals surface area contributed by atoms with Gasteiger partial charge in [0.25, 0.3) is 0 Å². The number of H-pyrrole nitrogens is 1. The van der Waals surface area contributed by atoms with Crippen LogP contribution >= 0.6 is 50.5 Å². The minimum atomic E-state index is -2.12. The van der Waals surface area contributed by atoms with Crippen LogP contribution in [0.4, 0.5) is 0 Å². The van der Waals surface area contributed by atoms with Crippen LogP contribution in [0.25, 0.3) is 0 Å². The maximum atomic E-state index is 14.4. The van der Waals surface area contributed by atoms with Crippen LogP contribution in [-0.4, -0.2) is 299 Å². The number of aliphatic carboxylic acids is 2. The summed E-state index contributed by atoms with van der Waals surface area (Å²) in [4.78, 5) is 284. The number of carboxylic acid groups (broad SMARTS) is 2. The van der Waals surface area contributed by atoms with Crippen LogP contribution in [-0.2, 0) is 114 Å². The van der Waals surface area contributed by atoms with E-state index >= 15 is 0 Å². The van der Waals surface area contributed by atoms with Gasteiger partial charge in [0.05, 0.1) is 45.3 Å². The molecule has 1 aromatic carbocycles. The molecule has 1 aliphatic rings. The second kappa shape index (κ2) is 49.2. The van der Waals surface area contributed by atoms with Gasteiger partial charge in [-0.25, -0.2) is 9.78 Å². The Morgan fingerprint density at radius 3 is 1.37 bits per heavy atom. The Kier molecular flexibility index (Phi) is 41.9. The number of hydrogen-bond donors (Lipinski definition) is 28. The predicted octanol–water partition coefficient (Wildman–Crippen LogP) is -12.9. The third-order valence-corrected chi connectivity index (χ3v) is 18.3. The zero-order valence-electron chi connectivity index (χ0n) is 62.5. The highest BCUT2D eigenvalue weighted by Crippen LogP contribution is 2.21. The molecule has 3 rings (SSSR count). The molecule has 116 heavy (non-hydrogen) atoms. The minimum Gasteiger partial charge on any atom is -0.508 e. The fraction of sp³-hybridized carbons (Fsp3) is 0.538. The van der Waals surface area contributed by atoms with E-state index in [-0.39, 0.29) is 48.6 Å². The number of imidazole rings is 1. The van der Waals surface area contributed by atoms with E-state index in [0.29, 0.717) is 5.69 Å². The van der Waals surface area contributed by atoms with Gasteiger partial charge in [0.15, 0.2) is 0 Å². The van der Waals surface area contributed by atoms with Gasteiger partial charge in [-0.2, -0.15) is 50.5 Å². The fourth-order valence-electron chi connectivity index (χ4n) is 10.5. The van der Waals surface area contributed by atoms with E-state index < -0.39 is 285 Å². The number of thiol groups is 4.